The van der Waals surface area contributed by atoms with Crippen LogP contribution in [0.5, 0.6) is 0 Å². The second-order valence-corrected chi connectivity index (χ2v) is 4.32. The predicted octanol–water partition coefficient (Wildman–Crippen LogP) is 2.52. The van der Waals surface area contributed by atoms with Crippen molar-refractivity contribution in [1.82, 2.24) is 15.2 Å². The maximum absolute atomic E-state index is 12.2. The lowest BCUT2D eigenvalue weighted by molar-refractivity contribution is 0.102. The number of hydrogen-bond donors (Lipinski definition) is 2. The van der Waals surface area contributed by atoms with E-state index in [1.807, 2.05) is 31.2 Å². The van der Waals surface area contributed by atoms with Crippen molar-refractivity contribution in [2.24, 2.45) is 0 Å². The van der Waals surface area contributed by atoms with E-state index in [0.717, 1.165) is 16.8 Å². The molecule has 0 bridgehead atoms. The zero-order chi connectivity index (χ0) is 13.2. The van der Waals surface area contributed by atoms with Crippen LogP contribution < -0.4 is 5.32 Å². The van der Waals surface area contributed by atoms with Crippen molar-refractivity contribution < 1.29 is 4.79 Å². The molecular weight excluding hydrogens is 240 g/mol. The number of fused-ring (bicyclic) bond motifs is 1. The molecule has 5 nitrogen and oxygen atoms in total. The molecular formula is C14H12N4O. The Morgan fingerprint density at radius 3 is 3.05 bits per heavy atom. The third-order valence-corrected chi connectivity index (χ3v) is 2.86. The van der Waals surface area contributed by atoms with E-state index in [1.54, 1.807) is 18.5 Å². The van der Waals surface area contributed by atoms with Crippen LogP contribution in [0, 0.1) is 6.92 Å². The van der Waals surface area contributed by atoms with Crippen LogP contribution in [-0.4, -0.2) is 21.1 Å². The number of nitrogens with one attached hydrogen (secondary N) is 2. The number of aryl methyl sites for hydroxylation is 1. The van der Waals surface area contributed by atoms with Gasteiger partial charge in [0.15, 0.2) is 5.69 Å². The summed E-state index contributed by atoms with van der Waals surface area (Å²) in [7, 11) is 0. The Morgan fingerprint density at radius 1 is 1.32 bits per heavy atom. The average Bonchev–Trinajstić information content (AvgIpc) is 2.82. The first-order valence-electron chi connectivity index (χ1n) is 5.90. The summed E-state index contributed by atoms with van der Waals surface area (Å²) < 4.78 is 0. The summed E-state index contributed by atoms with van der Waals surface area (Å²) in [4.78, 5) is 16.2. The van der Waals surface area contributed by atoms with Crippen LogP contribution in [0.4, 0.5) is 5.69 Å². The number of carbonyl (C=O) groups excluding carboxylic acids is 1. The fourth-order valence-electron chi connectivity index (χ4n) is 1.94. The number of H-pyrrole nitrogens is 1. The molecule has 94 valence electrons. The molecule has 3 rings (SSSR count). The quantitative estimate of drug-likeness (QED) is 0.736. The normalized spacial score (nSPS) is 10.6. The smallest absolute Gasteiger partial charge is 0.276 e. The Bertz CT molecular complexity index is 748. The number of nitrogens with zero attached hydrogens (tertiary/aromatic N) is 2. The van der Waals surface area contributed by atoms with Gasteiger partial charge in [0.1, 0.15) is 0 Å². The third kappa shape index (κ3) is 2.18. The van der Waals surface area contributed by atoms with Gasteiger partial charge in [-0.1, -0.05) is 12.1 Å². The minimum Gasteiger partial charge on any atom is -0.321 e. The number of hydrogen-bond acceptors (Lipinski definition) is 3. The van der Waals surface area contributed by atoms with E-state index in [2.05, 4.69) is 20.5 Å². The van der Waals surface area contributed by atoms with Crippen molar-refractivity contribution in [2.45, 2.75) is 6.92 Å². The molecule has 0 atom stereocenters. The molecule has 0 aliphatic carbocycles. The minimum atomic E-state index is -0.246. The number of aromatic amines is 1. The Hall–Kier alpha value is -2.69. The molecule has 2 aromatic heterocycles. The van der Waals surface area contributed by atoms with Gasteiger partial charge in [-0.25, -0.2) is 0 Å². The van der Waals surface area contributed by atoms with Crippen molar-refractivity contribution in [3.05, 3.63) is 54.0 Å². The molecule has 0 saturated carbocycles. The Labute approximate surface area is 109 Å². The summed E-state index contributed by atoms with van der Waals surface area (Å²) in [6.07, 6.45) is 3.28. The molecule has 2 N–H and O–H groups in total. The fourth-order valence-corrected chi connectivity index (χ4v) is 1.94. The Morgan fingerprint density at radius 2 is 2.21 bits per heavy atom. The van der Waals surface area contributed by atoms with E-state index in [4.69, 9.17) is 0 Å². The summed E-state index contributed by atoms with van der Waals surface area (Å²) >= 11 is 0. The van der Waals surface area contributed by atoms with Crippen LogP contribution in [0.2, 0.25) is 0 Å². The molecule has 19 heavy (non-hydrogen) atoms. The van der Waals surface area contributed by atoms with Gasteiger partial charge >= 0.3 is 0 Å². The Balaban J connectivity index is 1.92. The van der Waals surface area contributed by atoms with Crippen LogP contribution in [0.3, 0.4) is 0 Å². The summed E-state index contributed by atoms with van der Waals surface area (Å²) in [5.74, 6) is -0.246. The van der Waals surface area contributed by atoms with Gasteiger partial charge < -0.3 is 5.32 Å². The molecule has 0 aliphatic heterocycles. The highest BCUT2D eigenvalue weighted by molar-refractivity contribution is 6.10. The minimum absolute atomic E-state index is 0.246. The van der Waals surface area contributed by atoms with Crippen LogP contribution >= 0.6 is 0 Å². The second-order valence-electron chi connectivity index (χ2n) is 4.32. The van der Waals surface area contributed by atoms with E-state index in [1.165, 1.54) is 0 Å². The van der Waals surface area contributed by atoms with Gasteiger partial charge in [-0.15, -0.1) is 0 Å². The van der Waals surface area contributed by atoms with E-state index < -0.39 is 0 Å². The standard InChI is InChI=1S/C14H12N4O/c1-9-3-2-4-10(7-9)16-14(19)13-11-8-15-6-5-12(11)17-18-13/h2-8H,1H3,(H,16,19)(H,17,18). The maximum atomic E-state index is 12.2. The summed E-state index contributed by atoms with van der Waals surface area (Å²) in [5, 5.41) is 10.4. The second kappa shape index (κ2) is 4.53. The van der Waals surface area contributed by atoms with Crippen molar-refractivity contribution >= 4 is 22.5 Å². The molecule has 1 aromatic carbocycles. The molecule has 2 heterocycles. The molecule has 0 unspecified atom stereocenters. The summed E-state index contributed by atoms with van der Waals surface area (Å²) in [6, 6.07) is 9.41. The van der Waals surface area contributed by atoms with Gasteiger partial charge in [0.25, 0.3) is 5.91 Å². The highest BCUT2D eigenvalue weighted by atomic mass is 16.1. The number of benzene rings is 1. The van der Waals surface area contributed by atoms with Crippen LogP contribution in [0.15, 0.2) is 42.7 Å². The molecule has 5 heteroatoms. The topological polar surface area (TPSA) is 70.7 Å². The number of pyridine rings is 1. The van der Waals surface area contributed by atoms with Gasteiger partial charge in [0, 0.05) is 18.1 Å². The number of aromatic nitrogens is 3. The number of rotatable bonds is 2. The molecule has 0 saturated heterocycles. The summed E-state index contributed by atoms with van der Waals surface area (Å²) in [6.45, 7) is 1.98. The van der Waals surface area contributed by atoms with E-state index in [9.17, 15) is 4.79 Å². The zero-order valence-electron chi connectivity index (χ0n) is 10.3. The fraction of sp³-hybridized carbons (Fsp3) is 0.0714. The first-order valence-corrected chi connectivity index (χ1v) is 5.90. The Kier molecular flexibility index (Phi) is 2.72. The van der Waals surface area contributed by atoms with Crippen molar-refractivity contribution in [2.75, 3.05) is 5.32 Å². The van der Waals surface area contributed by atoms with Crippen LogP contribution in [0.25, 0.3) is 10.9 Å². The van der Waals surface area contributed by atoms with Crippen molar-refractivity contribution in [1.29, 1.82) is 0 Å². The van der Waals surface area contributed by atoms with Crippen molar-refractivity contribution in [3.63, 3.8) is 0 Å². The monoisotopic (exact) mass is 252 g/mol. The van der Waals surface area contributed by atoms with Crippen LogP contribution in [-0.2, 0) is 0 Å². The number of carbonyl (C=O) groups is 1. The van der Waals surface area contributed by atoms with Crippen molar-refractivity contribution in [3.8, 4) is 0 Å². The SMILES string of the molecule is Cc1cccc(NC(=O)c2n[nH]c3ccncc23)c1. The van der Waals surface area contributed by atoms with E-state index in [-0.39, 0.29) is 5.91 Å². The van der Waals surface area contributed by atoms with Gasteiger partial charge in [-0.05, 0) is 30.7 Å². The highest BCUT2D eigenvalue weighted by Gasteiger charge is 2.14. The maximum Gasteiger partial charge on any atom is 0.276 e. The first kappa shape index (κ1) is 11.4. The molecule has 0 fully saturated rings. The van der Waals surface area contributed by atoms with E-state index >= 15 is 0 Å². The lowest BCUT2D eigenvalue weighted by atomic mass is 10.2. The largest absolute Gasteiger partial charge is 0.321 e. The molecule has 0 aliphatic rings. The van der Waals surface area contributed by atoms with Crippen LogP contribution in [0.1, 0.15) is 16.1 Å². The molecule has 3 aromatic rings. The van der Waals surface area contributed by atoms with Gasteiger partial charge in [-0.2, -0.15) is 5.10 Å². The lowest BCUT2D eigenvalue weighted by Gasteiger charge is -2.04. The van der Waals surface area contributed by atoms with Gasteiger partial charge in [0.2, 0.25) is 0 Å². The highest BCUT2D eigenvalue weighted by Crippen LogP contribution is 2.16. The molecule has 1 amide bonds. The third-order valence-electron chi connectivity index (χ3n) is 2.86. The lowest BCUT2D eigenvalue weighted by Crippen LogP contribution is -2.12. The average molecular weight is 252 g/mol. The molecule has 0 radical (unpaired) electrons. The predicted molar refractivity (Wildman–Crippen MR) is 73.0 cm³/mol. The zero-order valence-corrected chi connectivity index (χ0v) is 10.3. The summed E-state index contributed by atoms with van der Waals surface area (Å²) in [5.41, 5.74) is 2.99. The first-order chi connectivity index (χ1) is 9.24. The van der Waals surface area contributed by atoms with Gasteiger partial charge in [-0.3, -0.25) is 14.9 Å². The molecule has 0 spiro atoms. The number of amides is 1. The number of anilines is 1. The van der Waals surface area contributed by atoms with E-state index in [0.29, 0.717) is 11.1 Å². The van der Waals surface area contributed by atoms with Gasteiger partial charge in [0.05, 0.1) is 10.9 Å².